The number of amides is 3. The molecule has 6 atom stereocenters. The number of piperazine rings is 3. The zero-order valence-corrected chi connectivity index (χ0v) is 82.6. The van der Waals surface area contributed by atoms with Gasteiger partial charge in [0.15, 0.2) is 36.6 Å². The highest BCUT2D eigenvalue weighted by Crippen LogP contribution is 2.45. The lowest BCUT2D eigenvalue weighted by atomic mass is 9.97. The van der Waals surface area contributed by atoms with Crippen molar-refractivity contribution in [2.45, 2.75) is 199 Å². The molecule has 3 amide bonds. The first-order valence-electron chi connectivity index (χ1n) is 44.8. The molecule has 1 saturated carbocycles. The Labute approximate surface area is 798 Å². The number of hydrogen-bond donors (Lipinski definition) is 0. The van der Waals surface area contributed by atoms with Gasteiger partial charge < -0.3 is 29.4 Å². The van der Waals surface area contributed by atoms with Crippen molar-refractivity contribution in [1.29, 1.82) is 0 Å². The summed E-state index contributed by atoms with van der Waals surface area (Å²) in [5.74, 6) is -0.256. The average Bonchev–Trinajstić information content (AvgIpc) is 0.790. The molecule has 4 fully saturated rings. The van der Waals surface area contributed by atoms with Gasteiger partial charge in [-0.15, -0.1) is 0 Å². The molecule has 3 aliphatic heterocycles. The van der Waals surface area contributed by atoms with Crippen molar-refractivity contribution >= 4 is 123 Å². The summed E-state index contributed by atoms with van der Waals surface area (Å²) in [4.78, 5) is 135. The maximum Gasteiger partial charge on any atom is 0.355 e. The second kappa shape index (κ2) is 39.2. The van der Waals surface area contributed by atoms with Crippen molar-refractivity contribution in [3.8, 4) is 50.8 Å². The number of nitrogens with zero attached hydrogens (tertiary/aromatic N) is 18. The third-order valence-corrected chi connectivity index (χ3v) is 28.2. The first kappa shape index (κ1) is 98.6. The van der Waals surface area contributed by atoms with Gasteiger partial charge >= 0.3 is 17.1 Å². The zero-order chi connectivity index (χ0) is 98.1. The Morgan fingerprint density at radius 2 is 0.770 bits per heavy atom. The van der Waals surface area contributed by atoms with Crippen LogP contribution in [0.3, 0.4) is 0 Å². The maximum absolute atomic E-state index is 15.1. The minimum Gasteiger partial charge on any atom is -0.349 e. The van der Waals surface area contributed by atoms with E-state index in [1.54, 1.807) is 100 Å². The first-order valence-corrected chi connectivity index (χ1v) is 49.7. The SMILES string of the molecule is C=CC(=O)N1CC(C)N(c2nc(=O)n(-c3c(C(C)C)ncnc3C(C)C)c3nc(-c4ccccc4S(C)(=O)=O)c(Cl)cc23)CC1C.C=CC(=O)N1CC(C)N(c2nc(=O)n(-c3c(C)cc(C4CC4)nc3C(C)C)c3nc(-c4ccccc4F)c(Cl)cc23)CC1C.C=CC(=O)N1CC(C)N(c2nc(=O)n(-c3c(C)cc(S(C)(=O)=O)cc3C(C)C)c3nc(-c4ccccc4F)c(Cl)cc23)CC1C. The van der Waals surface area contributed by atoms with Gasteiger partial charge in [0.25, 0.3) is 0 Å². The van der Waals surface area contributed by atoms with Crippen molar-refractivity contribution in [2.75, 3.05) is 66.5 Å². The summed E-state index contributed by atoms with van der Waals surface area (Å²) >= 11 is 20.6. The summed E-state index contributed by atoms with van der Waals surface area (Å²) < 4.78 is 85.2. The first-order chi connectivity index (χ1) is 63.8. The standard InChI is InChI=1S/C34H36ClFN6O2.C33H35ClFN5O4S.C33H38ClN7O4S/c1-7-28(43)40-16-21(6)41(17-20(40)5)32-24-15-25(35)30(23-10-8-9-11-26(23)36)38-33(24)42(34(44)39-32)31-19(4)14-27(22-12-13-22)37-29(31)18(2)3;1-8-28(41)38-16-21(6)39(17-20(38)5)31-25-15-26(34)29(23-11-9-10-12-27(23)35)36-32(25)40(33(42)37-31)30-19(4)13-22(45(7,43)44)14-24(30)18(2)3;1-9-26(42)39-15-21(7)40(16-20(39)6)31-23-14-24(34)29(22-12-10-11-13-25(22)46(8,44)45)37-32(23)41(33(43)38-31)30-27(18(2)3)35-17-36-28(30)19(4)5/h7-11,14-15,18,20-22H,1,12-13,16-17H2,2-6H3;8-15,18,20-21H,1,16-17H2,2-7H3;9-14,17-21H,1,15-16H2,2-8H3. The normalized spacial score (nSPS) is 17.7. The van der Waals surface area contributed by atoms with Crippen LogP contribution in [0.25, 0.3) is 83.9 Å². The minimum absolute atomic E-state index is 0.0127. The number of rotatable bonds is 19. The van der Waals surface area contributed by atoms with E-state index in [0.29, 0.717) is 130 Å². The number of benzene rings is 4. The topological polar surface area (TPSA) is 321 Å². The Morgan fingerprint density at radius 3 is 1.12 bits per heavy atom. The Kier molecular flexibility index (Phi) is 28.6. The van der Waals surface area contributed by atoms with Crippen molar-refractivity contribution in [3.63, 3.8) is 0 Å². The van der Waals surface area contributed by atoms with E-state index >= 15 is 8.78 Å². The van der Waals surface area contributed by atoms with Crippen molar-refractivity contribution in [2.24, 2.45) is 0 Å². The highest BCUT2D eigenvalue weighted by Gasteiger charge is 2.40. The maximum atomic E-state index is 15.1. The number of fused-ring (bicyclic) bond motifs is 3. The van der Waals surface area contributed by atoms with E-state index in [4.69, 9.17) is 54.7 Å². The predicted octanol–water partition coefficient (Wildman–Crippen LogP) is 17.4. The molecule has 4 aromatic carbocycles. The van der Waals surface area contributed by atoms with Crippen molar-refractivity contribution in [1.82, 2.24) is 73.3 Å². The summed E-state index contributed by atoms with van der Waals surface area (Å²) in [5.41, 5.74) is 6.99. The summed E-state index contributed by atoms with van der Waals surface area (Å²) in [5, 5.41) is 2.08. The van der Waals surface area contributed by atoms with Crippen LogP contribution >= 0.6 is 34.8 Å². The highest BCUT2D eigenvalue weighted by molar-refractivity contribution is 7.91. The molecule has 135 heavy (non-hydrogen) atoms. The van der Waals surface area contributed by atoms with Crippen LogP contribution in [0.15, 0.2) is 178 Å². The number of pyridine rings is 4. The van der Waals surface area contributed by atoms with Crippen LogP contribution < -0.4 is 31.8 Å². The molecule has 12 aromatic rings. The highest BCUT2D eigenvalue weighted by atomic mass is 35.5. The van der Waals surface area contributed by atoms with Crippen LogP contribution in [-0.2, 0) is 34.1 Å². The van der Waals surface area contributed by atoms with Gasteiger partial charge in [-0.1, -0.05) is 152 Å². The molecule has 8 aromatic heterocycles. The van der Waals surface area contributed by atoms with Gasteiger partial charge in [-0.25, -0.2) is 78.6 Å². The summed E-state index contributed by atoms with van der Waals surface area (Å²) in [7, 11) is -7.21. The number of aryl methyl sites for hydroxylation is 2. The van der Waals surface area contributed by atoms with Crippen LogP contribution in [0.4, 0.5) is 26.2 Å². The Morgan fingerprint density at radius 1 is 0.422 bits per heavy atom. The van der Waals surface area contributed by atoms with Gasteiger partial charge in [-0.05, 0) is 194 Å². The summed E-state index contributed by atoms with van der Waals surface area (Å²) in [6, 6.07) is 27.9. The summed E-state index contributed by atoms with van der Waals surface area (Å²) in [6.45, 7) is 44.5. The van der Waals surface area contributed by atoms with Gasteiger partial charge in [0.1, 0.15) is 35.4 Å². The fourth-order valence-electron chi connectivity index (χ4n) is 18.2. The molecule has 16 rings (SSSR count). The number of aromatic nitrogens is 12. The molecule has 6 unspecified atom stereocenters. The number of carbonyl (C=O) groups excluding carboxylic acids is 3. The zero-order valence-electron chi connectivity index (χ0n) is 78.7. The van der Waals surface area contributed by atoms with Gasteiger partial charge in [0, 0.05) is 116 Å². The molecular weight excluding hydrogens is 1820 g/mol. The van der Waals surface area contributed by atoms with Crippen LogP contribution in [0.5, 0.6) is 0 Å². The van der Waals surface area contributed by atoms with Gasteiger partial charge in [0.2, 0.25) is 17.7 Å². The molecule has 3 saturated heterocycles. The fourth-order valence-corrected chi connectivity index (χ4v) is 20.6. The molecule has 0 bridgehead atoms. The Balaban J connectivity index is 0.000000162. The predicted molar refractivity (Wildman–Crippen MR) is 529 cm³/mol. The third-order valence-electron chi connectivity index (χ3n) is 25.1. The Bertz CT molecular complexity index is 7250. The molecule has 11 heterocycles. The lowest BCUT2D eigenvalue weighted by Gasteiger charge is -2.44. The van der Waals surface area contributed by atoms with Crippen LogP contribution in [0, 0.1) is 25.5 Å². The second-order valence-corrected chi connectivity index (χ2v) is 41.7. The van der Waals surface area contributed by atoms with Gasteiger partial charge in [0.05, 0.1) is 92.2 Å². The summed E-state index contributed by atoms with van der Waals surface area (Å²) in [6.07, 6.45) is 9.88. The van der Waals surface area contributed by atoms with E-state index in [1.165, 1.54) is 62.5 Å². The van der Waals surface area contributed by atoms with Crippen LogP contribution in [0.2, 0.25) is 15.1 Å². The average molecular weight is 1930 g/mol. The molecule has 1 aliphatic carbocycles. The largest absolute Gasteiger partial charge is 0.355 e. The second-order valence-electron chi connectivity index (χ2n) is 36.5. The van der Waals surface area contributed by atoms with E-state index in [0.717, 1.165) is 42.3 Å². The number of halogens is 5. The molecule has 0 radical (unpaired) electrons. The molecular formula is C100H109Cl3F2N18O10S2. The van der Waals surface area contributed by atoms with E-state index in [-0.39, 0.29) is 142 Å². The van der Waals surface area contributed by atoms with Crippen LogP contribution in [0.1, 0.15) is 179 Å². The molecule has 0 N–H and O–H groups in total. The number of sulfone groups is 2. The van der Waals surface area contributed by atoms with Gasteiger partial charge in [-0.2, -0.15) is 15.0 Å². The van der Waals surface area contributed by atoms with Crippen molar-refractivity contribution < 1.29 is 40.0 Å². The number of carbonyl (C=O) groups is 3. The van der Waals surface area contributed by atoms with E-state index in [2.05, 4.69) is 64.6 Å². The molecule has 4 aliphatic rings. The smallest absolute Gasteiger partial charge is 0.349 e. The molecule has 28 nitrogen and oxygen atoms in total. The lowest BCUT2D eigenvalue weighted by Crippen LogP contribution is -2.58. The minimum atomic E-state index is -3.66. The molecule has 35 heteroatoms. The van der Waals surface area contributed by atoms with E-state index < -0.39 is 48.4 Å². The molecule has 706 valence electrons. The van der Waals surface area contributed by atoms with E-state index in [1.807, 2.05) is 105 Å². The van der Waals surface area contributed by atoms with E-state index in [9.17, 15) is 45.6 Å². The molecule has 0 spiro atoms. The monoisotopic (exact) mass is 1930 g/mol. The third kappa shape index (κ3) is 19.4. The lowest BCUT2D eigenvalue weighted by molar-refractivity contribution is -0.129. The van der Waals surface area contributed by atoms with Gasteiger partial charge in [-0.3, -0.25) is 19.4 Å². The number of anilines is 3. The Hall–Kier alpha value is -12.4. The quantitative estimate of drug-likeness (QED) is 0.0679. The fraction of sp³-hybridized carbons (Fsp3) is 0.370. The van der Waals surface area contributed by atoms with Crippen molar-refractivity contribution in [3.05, 3.63) is 251 Å². The number of hydrogen-bond acceptors (Lipinski definition) is 22. The van der Waals surface area contributed by atoms with Crippen LogP contribution in [-0.4, -0.2) is 196 Å².